The zero-order valence-electron chi connectivity index (χ0n) is 12.7. The fourth-order valence-corrected chi connectivity index (χ4v) is 2.41. The molecule has 3 rings (SSSR count). The van der Waals surface area contributed by atoms with Gasteiger partial charge in [0.1, 0.15) is 17.7 Å². The molecule has 0 aromatic carbocycles. The Balaban J connectivity index is 1.65. The Hall–Kier alpha value is -1.73. The molecule has 1 aliphatic heterocycles. The maximum absolute atomic E-state index is 5.78. The smallest absolute Gasteiger partial charge is 0.208 e. The molecule has 1 atom stereocenters. The number of morpholine rings is 1. The number of hydrogen-bond acceptors (Lipinski definition) is 6. The molecule has 0 aliphatic carbocycles. The van der Waals surface area contributed by atoms with E-state index < -0.39 is 0 Å². The van der Waals surface area contributed by atoms with Gasteiger partial charge in [-0.3, -0.25) is 10.00 Å². The van der Waals surface area contributed by atoms with Crippen molar-refractivity contribution in [3.63, 3.8) is 0 Å². The fraction of sp³-hybridized carbons (Fsp3) is 0.643. The van der Waals surface area contributed by atoms with Crippen LogP contribution in [0.4, 0.5) is 0 Å². The van der Waals surface area contributed by atoms with E-state index in [1.54, 1.807) is 0 Å². The topological polar surface area (TPSA) is 80.1 Å². The lowest BCUT2D eigenvalue weighted by Crippen LogP contribution is -2.38. The molecule has 2 aromatic heterocycles. The van der Waals surface area contributed by atoms with Crippen LogP contribution in [0.3, 0.4) is 0 Å². The minimum atomic E-state index is -0.0903. The van der Waals surface area contributed by atoms with Crippen molar-refractivity contribution in [1.29, 1.82) is 0 Å². The second-order valence-corrected chi connectivity index (χ2v) is 5.34. The maximum atomic E-state index is 5.78. The minimum Gasteiger partial charge on any atom is -0.444 e. The van der Waals surface area contributed by atoms with Crippen molar-refractivity contribution in [2.24, 2.45) is 0 Å². The van der Waals surface area contributed by atoms with Gasteiger partial charge in [0.15, 0.2) is 5.82 Å². The molecule has 0 saturated carbocycles. The molecule has 0 unspecified atom stereocenters. The number of hydrogen-bond donors (Lipinski definition) is 1. The van der Waals surface area contributed by atoms with Gasteiger partial charge in [0, 0.05) is 19.5 Å². The lowest BCUT2D eigenvalue weighted by atomic mass is 10.2. The molecule has 0 bridgehead atoms. The first kappa shape index (κ1) is 14.2. The molecule has 0 spiro atoms. The van der Waals surface area contributed by atoms with Gasteiger partial charge in [0.2, 0.25) is 5.89 Å². The third-order valence-electron chi connectivity index (χ3n) is 3.75. The highest BCUT2D eigenvalue weighted by molar-refractivity contribution is 5.05. The van der Waals surface area contributed by atoms with Crippen LogP contribution in [-0.4, -0.2) is 44.8 Å². The summed E-state index contributed by atoms with van der Waals surface area (Å²) in [5.74, 6) is 3.27. The SMILES string of the molecule is CCc1nc([C@H]2CN(Cc3nc(C)c(C)o3)CCO2)n[nH]1. The van der Waals surface area contributed by atoms with Gasteiger partial charge < -0.3 is 9.15 Å². The van der Waals surface area contributed by atoms with Crippen molar-refractivity contribution >= 4 is 0 Å². The fourth-order valence-electron chi connectivity index (χ4n) is 2.41. The van der Waals surface area contributed by atoms with Crippen LogP contribution in [0.15, 0.2) is 4.42 Å². The van der Waals surface area contributed by atoms with Gasteiger partial charge in [-0.2, -0.15) is 5.10 Å². The number of ether oxygens (including phenoxy) is 1. The summed E-state index contributed by atoms with van der Waals surface area (Å²) in [5.41, 5.74) is 0.955. The number of nitrogens with zero attached hydrogens (tertiary/aromatic N) is 4. The number of aromatic nitrogens is 4. The first-order valence-corrected chi connectivity index (χ1v) is 7.33. The highest BCUT2D eigenvalue weighted by Gasteiger charge is 2.26. The number of aryl methyl sites for hydroxylation is 3. The molecule has 0 amide bonds. The molecule has 1 N–H and O–H groups in total. The molecular formula is C14H21N5O2. The zero-order valence-corrected chi connectivity index (χ0v) is 12.7. The summed E-state index contributed by atoms with van der Waals surface area (Å²) in [6.45, 7) is 8.92. The van der Waals surface area contributed by atoms with E-state index in [1.807, 2.05) is 20.8 Å². The molecule has 0 radical (unpaired) electrons. The van der Waals surface area contributed by atoms with Crippen molar-refractivity contribution in [1.82, 2.24) is 25.1 Å². The van der Waals surface area contributed by atoms with Gasteiger partial charge in [0.25, 0.3) is 0 Å². The lowest BCUT2D eigenvalue weighted by Gasteiger charge is -2.30. The molecule has 7 nitrogen and oxygen atoms in total. The number of aromatic amines is 1. The van der Waals surface area contributed by atoms with Crippen LogP contribution in [0.25, 0.3) is 0 Å². The van der Waals surface area contributed by atoms with E-state index in [1.165, 1.54) is 0 Å². The van der Waals surface area contributed by atoms with Crippen molar-refractivity contribution in [2.45, 2.75) is 39.8 Å². The number of H-pyrrole nitrogens is 1. The Morgan fingerprint density at radius 3 is 2.86 bits per heavy atom. The van der Waals surface area contributed by atoms with Crippen LogP contribution in [-0.2, 0) is 17.7 Å². The van der Waals surface area contributed by atoms with Crippen LogP contribution >= 0.6 is 0 Å². The predicted octanol–water partition coefficient (Wildman–Crippen LogP) is 1.55. The van der Waals surface area contributed by atoms with E-state index in [0.717, 1.165) is 48.5 Å². The van der Waals surface area contributed by atoms with Gasteiger partial charge in [-0.05, 0) is 13.8 Å². The molecule has 114 valence electrons. The van der Waals surface area contributed by atoms with Crippen molar-refractivity contribution in [3.8, 4) is 0 Å². The van der Waals surface area contributed by atoms with E-state index in [-0.39, 0.29) is 6.10 Å². The summed E-state index contributed by atoms with van der Waals surface area (Å²) in [6.07, 6.45) is 0.755. The molecule has 2 aromatic rings. The van der Waals surface area contributed by atoms with E-state index in [2.05, 4.69) is 25.1 Å². The normalized spacial score (nSPS) is 20.0. The summed E-state index contributed by atoms with van der Waals surface area (Å²) in [6, 6.07) is 0. The van der Waals surface area contributed by atoms with Crippen LogP contribution < -0.4 is 0 Å². The number of nitrogens with one attached hydrogen (secondary N) is 1. The largest absolute Gasteiger partial charge is 0.444 e. The lowest BCUT2D eigenvalue weighted by molar-refractivity contribution is -0.0393. The Morgan fingerprint density at radius 2 is 2.19 bits per heavy atom. The summed E-state index contributed by atoms with van der Waals surface area (Å²) in [5, 5.41) is 7.18. The van der Waals surface area contributed by atoms with Gasteiger partial charge in [-0.1, -0.05) is 6.92 Å². The van der Waals surface area contributed by atoms with Gasteiger partial charge >= 0.3 is 0 Å². The zero-order chi connectivity index (χ0) is 14.8. The highest BCUT2D eigenvalue weighted by atomic mass is 16.5. The predicted molar refractivity (Wildman–Crippen MR) is 75.7 cm³/mol. The van der Waals surface area contributed by atoms with Crippen LogP contribution in [0.5, 0.6) is 0 Å². The molecule has 7 heteroatoms. The van der Waals surface area contributed by atoms with E-state index in [9.17, 15) is 0 Å². The molecule has 1 fully saturated rings. The Morgan fingerprint density at radius 1 is 1.33 bits per heavy atom. The standard InChI is InChI=1S/C14H21N5O2/c1-4-12-16-14(18-17-12)11-7-19(5-6-20-11)8-13-15-9(2)10(3)21-13/h11H,4-8H2,1-3H3,(H,16,17,18)/t11-/m1/s1. The Labute approximate surface area is 123 Å². The highest BCUT2D eigenvalue weighted by Crippen LogP contribution is 2.21. The van der Waals surface area contributed by atoms with Crippen LogP contribution in [0, 0.1) is 13.8 Å². The minimum absolute atomic E-state index is 0.0903. The van der Waals surface area contributed by atoms with Gasteiger partial charge in [-0.15, -0.1) is 0 Å². The van der Waals surface area contributed by atoms with Gasteiger partial charge in [-0.25, -0.2) is 9.97 Å². The maximum Gasteiger partial charge on any atom is 0.208 e. The third-order valence-corrected chi connectivity index (χ3v) is 3.75. The first-order chi connectivity index (χ1) is 10.2. The molecule has 1 saturated heterocycles. The number of rotatable bonds is 4. The first-order valence-electron chi connectivity index (χ1n) is 7.33. The van der Waals surface area contributed by atoms with E-state index in [0.29, 0.717) is 13.2 Å². The van der Waals surface area contributed by atoms with Crippen LogP contribution in [0.2, 0.25) is 0 Å². The third kappa shape index (κ3) is 3.14. The number of oxazole rings is 1. The molecular weight excluding hydrogens is 270 g/mol. The van der Waals surface area contributed by atoms with Crippen molar-refractivity contribution < 1.29 is 9.15 Å². The van der Waals surface area contributed by atoms with Crippen molar-refractivity contribution in [3.05, 3.63) is 29.0 Å². The summed E-state index contributed by atoms with van der Waals surface area (Å²) >= 11 is 0. The quantitative estimate of drug-likeness (QED) is 0.920. The Kier molecular flexibility index (Phi) is 4.03. The average Bonchev–Trinajstić information content (AvgIpc) is 3.07. The summed E-state index contributed by atoms with van der Waals surface area (Å²) in [4.78, 5) is 11.2. The Bertz CT molecular complexity index is 587. The summed E-state index contributed by atoms with van der Waals surface area (Å²) in [7, 11) is 0. The summed E-state index contributed by atoms with van der Waals surface area (Å²) < 4.78 is 11.4. The molecule has 1 aliphatic rings. The van der Waals surface area contributed by atoms with Crippen molar-refractivity contribution in [2.75, 3.05) is 19.7 Å². The second-order valence-electron chi connectivity index (χ2n) is 5.34. The average molecular weight is 291 g/mol. The van der Waals surface area contributed by atoms with Gasteiger partial charge in [0.05, 0.1) is 18.8 Å². The monoisotopic (exact) mass is 291 g/mol. The molecule has 21 heavy (non-hydrogen) atoms. The second kappa shape index (κ2) is 5.95. The van der Waals surface area contributed by atoms with E-state index >= 15 is 0 Å². The van der Waals surface area contributed by atoms with Crippen LogP contribution in [0.1, 0.15) is 42.0 Å². The van der Waals surface area contributed by atoms with E-state index in [4.69, 9.17) is 9.15 Å². The molecule has 3 heterocycles.